The molecule has 2 unspecified atom stereocenters. The first-order valence-corrected chi connectivity index (χ1v) is 7.32. The first kappa shape index (κ1) is 13.6. The third-order valence-electron chi connectivity index (χ3n) is 4.61. The standard InChI is InChI=1S/C17H27N/c1-13-9-5-6-10-15(13)14(2)18-16-11-7-8-12-17(16,3)4/h5-6,9-10,14,16,18H,7-8,11-12H2,1-4H3. The van der Waals surface area contributed by atoms with Crippen LogP contribution in [0.5, 0.6) is 0 Å². The Morgan fingerprint density at radius 3 is 2.61 bits per heavy atom. The van der Waals surface area contributed by atoms with Crippen molar-refractivity contribution in [2.24, 2.45) is 5.41 Å². The van der Waals surface area contributed by atoms with Crippen molar-refractivity contribution in [2.45, 2.75) is 65.5 Å². The van der Waals surface area contributed by atoms with Gasteiger partial charge in [-0.2, -0.15) is 0 Å². The highest BCUT2D eigenvalue weighted by molar-refractivity contribution is 5.28. The molecule has 18 heavy (non-hydrogen) atoms. The maximum atomic E-state index is 3.87. The zero-order valence-corrected chi connectivity index (χ0v) is 12.3. The van der Waals surface area contributed by atoms with Crippen molar-refractivity contribution in [1.29, 1.82) is 0 Å². The molecule has 0 radical (unpaired) electrons. The second-order valence-electron chi connectivity index (χ2n) is 6.53. The van der Waals surface area contributed by atoms with Gasteiger partial charge < -0.3 is 5.32 Å². The van der Waals surface area contributed by atoms with Crippen molar-refractivity contribution in [3.8, 4) is 0 Å². The molecule has 2 rings (SSSR count). The molecule has 100 valence electrons. The lowest BCUT2D eigenvalue weighted by molar-refractivity contribution is 0.157. The van der Waals surface area contributed by atoms with Crippen LogP contribution in [-0.2, 0) is 0 Å². The Morgan fingerprint density at radius 2 is 1.94 bits per heavy atom. The van der Waals surface area contributed by atoms with E-state index in [2.05, 4.69) is 57.3 Å². The molecule has 0 bridgehead atoms. The zero-order valence-electron chi connectivity index (χ0n) is 12.3. The fourth-order valence-electron chi connectivity index (χ4n) is 3.27. The maximum absolute atomic E-state index is 3.87. The third-order valence-corrected chi connectivity index (χ3v) is 4.61. The van der Waals surface area contributed by atoms with E-state index in [0.29, 0.717) is 17.5 Å². The van der Waals surface area contributed by atoms with Crippen molar-refractivity contribution in [2.75, 3.05) is 0 Å². The van der Waals surface area contributed by atoms with Crippen molar-refractivity contribution in [3.63, 3.8) is 0 Å². The predicted molar refractivity (Wildman–Crippen MR) is 78.8 cm³/mol. The van der Waals surface area contributed by atoms with Gasteiger partial charge in [-0.3, -0.25) is 0 Å². The van der Waals surface area contributed by atoms with Crippen LogP contribution in [0.1, 0.15) is 63.6 Å². The number of hydrogen-bond acceptors (Lipinski definition) is 1. The van der Waals surface area contributed by atoms with Crippen LogP contribution in [0.15, 0.2) is 24.3 Å². The minimum absolute atomic E-state index is 0.440. The van der Waals surface area contributed by atoms with Crippen LogP contribution < -0.4 is 5.32 Å². The quantitative estimate of drug-likeness (QED) is 0.819. The van der Waals surface area contributed by atoms with Gasteiger partial charge >= 0.3 is 0 Å². The molecule has 1 fully saturated rings. The first-order valence-electron chi connectivity index (χ1n) is 7.32. The van der Waals surface area contributed by atoms with Gasteiger partial charge in [-0.1, -0.05) is 51.0 Å². The predicted octanol–water partition coefficient (Wildman–Crippen LogP) is 4.61. The normalized spacial score (nSPS) is 24.8. The van der Waals surface area contributed by atoms with Crippen molar-refractivity contribution in [3.05, 3.63) is 35.4 Å². The second kappa shape index (κ2) is 5.44. The lowest BCUT2D eigenvalue weighted by atomic mass is 9.73. The minimum Gasteiger partial charge on any atom is -0.307 e. The number of nitrogens with one attached hydrogen (secondary N) is 1. The van der Waals surface area contributed by atoms with E-state index in [1.54, 1.807) is 0 Å². The molecule has 0 heterocycles. The summed E-state index contributed by atoms with van der Waals surface area (Å²) in [4.78, 5) is 0. The fraction of sp³-hybridized carbons (Fsp3) is 0.647. The molecule has 1 aliphatic carbocycles. The van der Waals surface area contributed by atoms with E-state index >= 15 is 0 Å². The van der Waals surface area contributed by atoms with Crippen LogP contribution in [0.4, 0.5) is 0 Å². The molecule has 1 saturated carbocycles. The molecule has 2 atom stereocenters. The molecule has 0 aliphatic heterocycles. The Kier molecular flexibility index (Phi) is 4.11. The SMILES string of the molecule is Cc1ccccc1C(C)NC1CCCCC1(C)C. The van der Waals surface area contributed by atoms with Crippen molar-refractivity contribution < 1.29 is 0 Å². The summed E-state index contributed by atoms with van der Waals surface area (Å²) >= 11 is 0. The molecular weight excluding hydrogens is 218 g/mol. The number of rotatable bonds is 3. The van der Waals surface area contributed by atoms with Crippen LogP contribution in [0, 0.1) is 12.3 Å². The number of benzene rings is 1. The lowest BCUT2D eigenvalue weighted by Crippen LogP contribution is -2.45. The van der Waals surface area contributed by atoms with Crippen LogP contribution >= 0.6 is 0 Å². The summed E-state index contributed by atoms with van der Waals surface area (Å²) in [5, 5.41) is 3.87. The van der Waals surface area contributed by atoms with Gasteiger partial charge in [0.15, 0.2) is 0 Å². The highest BCUT2D eigenvalue weighted by Crippen LogP contribution is 2.36. The van der Waals surface area contributed by atoms with Crippen molar-refractivity contribution >= 4 is 0 Å². The second-order valence-corrected chi connectivity index (χ2v) is 6.53. The smallest absolute Gasteiger partial charge is 0.0297 e. The maximum Gasteiger partial charge on any atom is 0.0297 e. The molecular formula is C17H27N. The molecule has 0 aromatic heterocycles. The summed E-state index contributed by atoms with van der Waals surface area (Å²) in [5.41, 5.74) is 3.28. The summed E-state index contributed by atoms with van der Waals surface area (Å²) in [5.74, 6) is 0. The summed E-state index contributed by atoms with van der Waals surface area (Å²) in [6.07, 6.45) is 5.44. The van der Waals surface area contributed by atoms with Gasteiger partial charge in [-0.05, 0) is 43.2 Å². The van der Waals surface area contributed by atoms with Crippen LogP contribution in [0.3, 0.4) is 0 Å². The molecule has 1 N–H and O–H groups in total. The van der Waals surface area contributed by atoms with E-state index in [4.69, 9.17) is 0 Å². The topological polar surface area (TPSA) is 12.0 Å². The summed E-state index contributed by atoms with van der Waals surface area (Å²) < 4.78 is 0. The Balaban J connectivity index is 2.07. The Bertz CT molecular complexity index is 394. The monoisotopic (exact) mass is 245 g/mol. The number of hydrogen-bond donors (Lipinski definition) is 1. The van der Waals surface area contributed by atoms with Gasteiger partial charge in [0.1, 0.15) is 0 Å². The minimum atomic E-state index is 0.440. The van der Waals surface area contributed by atoms with Gasteiger partial charge in [-0.15, -0.1) is 0 Å². The lowest BCUT2D eigenvalue weighted by Gasteiger charge is -2.41. The van der Waals surface area contributed by atoms with Gasteiger partial charge in [0, 0.05) is 12.1 Å². The Morgan fingerprint density at radius 1 is 1.22 bits per heavy atom. The molecule has 0 spiro atoms. The number of aryl methyl sites for hydroxylation is 1. The third kappa shape index (κ3) is 2.95. The average Bonchev–Trinajstić information content (AvgIpc) is 2.32. The van der Waals surface area contributed by atoms with Crippen LogP contribution in [0.2, 0.25) is 0 Å². The molecule has 1 aliphatic rings. The zero-order chi connectivity index (χ0) is 13.2. The van der Waals surface area contributed by atoms with E-state index in [0.717, 1.165) is 0 Å². The van der Waals surface area contributed by atoms with E-state index in [1.165, 1.54) is 36.8 Å². The molecule has 1 nitrogen and oxygen atoms in total. The summed E-state index contributed by atoms with van der Waals surface area (Å²) in [7, 11) is 0. The Labute approximate surface area is 112 Å². The molecule has 1 heteroatoms. The van der Waals surface area contributed by atoms with E-state index < -0.39 is 0 Å². The van der Waals surface area contributed by atoms with Gasteiger partial charge in [0.05, 0.1) is 0 Å². The molecule has 0 saturated heterocycles. The van der Waals surface area contributed by atoms with Gasteiger partial charge in [0.2, 0.25) is 0 Å². The molecule has 1 aromatic carbocycles. The van der Waals surface area contributed by atoms with E-state index in [9.17, 15) is 0 Å². The van der Waals surface area contributed by atoms with Crippen LogP contribution in [0.25, 0.3) is 0 Å². The van der Waals surface area contributed by atoms with E-state index in [1.807, 2.05) is 0 Å². The largest absolute Gasteiger partial charge is 0.307 e. The first-order chi connectivity index (χ1) is 8.50. The van der Waals surface area contributed by atoms with E-state index in [-0.39, 0.29) is 0 Å². The highest BCUT2D eigenvalue weighted by Gasteiger charge is 2.32. The van der Waals surface area contributed by atoms with Gasteiger partial charge in [-0.25, -0.2) is 0 Å². The van der Waals surface area contributed by atoms with Crippen molar-refractivity contribution in [1.82, 2.24) is 5.32 Å². The molecule has 0 amide bonds. The summed E-state index contributed by atoms with van der Waals surface area (Å²) in [6, 6.07) is 9.83. The molecule has 1 aromatic rings. The van der Waals surface area contributed by atoms with Crippen LogP contribution in [-0.4, -0.2) is 6.04 Å². The highest BCUT2D eigenvalue weighted by atomic mass is 15.0. The van der Waals surface area contributed by atoms with Gasteiger partial charge in [0.25, 0.3) is 0 Å². The summed E-state index contributed by atoms with van der Waals surface area (Å²) in [6.45, 7) is 9.33. The average molecular weight is 245 g/mol. The Hall–Kier alpha value is -0.820. The fourth-order valence-corrected chi connectivity index (χ4v) is 3.27.